The minimum atomic E-state index is -0.221. The summed E-state index contributed by atoms with van der Waals surface area (Å²) >= 11 is 1.45. The number of amides is 1. The number of aromatic nitrogens is 3. The summed E-state index contributed by atoms with van der Waals surface area (Å²) in [5.41, 5.74) is 3.22. The highest BCUT2D eigenvalue weighted by molar-refractivity contribution is 7.22. The van der Waals surface area contributed by atoms with Gasteiger partial charge in [0.1, 0.15) is 0 Å². The molecule has 0 aliphatic rings. The highest BCUT2D eigenvalue weighted by atomic mass is 32.1. The number of nitrogens with zero attached hydrogens (tertiary/aromatic N) is 3. The second-order valence-electron chi connectivity index (χ2n) is 7.49. The number of hydrogen-bond donors (Lipinski definition) is 1. The van der Waals surface area contributed by atoms with Crippen LogP contribution in [0.4, 0.5) is 5.13 Å². The maximum Gasteiger partial charge on any atom is 0.266 e. The average Bonchev–Trinajstić information content (AvgIpc) is 3.20. The van der Waals surface area contributed by atoms with Gasteiger partial charge in [-0.05, 0) is 55.3 Å². The lowest BCUT2D eigenvalue weighted by Crippen LogP contribution is -2.23. The number of anilines is 1. The van der Waals surface area contributed by atoms with E-state index in [9.17, 15) is 9.59 Å². The number of aryl methyl sites for hydroxylation is 2. The van der Waals surface area contributed by atoms with Crippen molar-refractivity contribution < 1.29 is 14.3 Å². The van der Waals surface area contributed by atoms with Crippen LogP contribution >= 0.6 is 11.3 Å². The number of carbonyl (C=O) groups is 1. The summed E-state index contributed by atoms with van der Waals surface area (Å²) in [7, 11) is 3.14. The number of ether oxygens (including phenoxy) is 2. The number of fused-ring (bicyclic) bond motifs is 1. The Labute approximate surface area is 194 Å². The first-order valence-electron chi connectivity index (χ1n) is 10.4. The molecular formula is C24H24N4O4S. The van der Waals surface area contributed by atoms with Crippen molar-refractivity contribution in [3.8, 4) is 22.8 Å². The smallest absolute Gasteiger partial charge is 0.266 e. The number of hydrogen-bond acceptors (Lipinski definition) is 7. The first-order valence-corrected chi connectivity index (χ1v) is 11.3. The Hall–Kier alpha value is -3.72. The Balaban J connectivity index is 1.40. The van der Waals surface area contributed by atoms with Gasteiger partial charge in [-0.2, -0.15) is 5.10 Å². The number of nitrogens with one attached hydrogen (secondary N) is 1. The standard InChI is InChI=1S/C24H24N4O4S/c1-15-6-8-18-21(13-15)33-24(25-18)26-22(29)5-4-12-28-23(30)11-9-17(27-28)16-7-10-19(31-2)20(14-16)32-3/h6-11,13-14H,4-5,12H2,1-3H3,(H,25,26,29). The second-order valence-corrected chi connectivity index (χ2v) is 8.52. The number of rotatable bonds is 8. The van der Waals surface area contributed by atoms with Crippen molar-refractivity contribution in [1.29, 1.82) is 0 Å². The van der Waals surface area contributed by atoms with E-state index >= 15 is 0 Å². The molecule has 0 saturated carbocycles. The van der Waals surface area contributed by atoms with Gasteiger partial charge in [-0.15, -0.1) is 0 Å². The Morgan fingerprint density at radius 1 is 1.06 bits per heavy atom. The van der Waals surface area contributed by atoms with Crippen molar-refractivity contribution in [2.45, 2.75) is 26.3 Å². The summed E-state index contributed by atoms with van der Waals surface area (Å²) in [5.74, 6) is 1.05. The summed E-state index contributed by atoms with van der Waals surface area (Å²) < 4.78 is 13.0. The fourth-order valence-corrected chi connectivity index (χ4v) is 4.40. The fraction of sp³-hybridized carbons (Fsp3) is 0.250. The molecule has 170 valence electrons. The Morgan fingerprint density at radius 3 is 2.67 bits per heavy atom. The molecule has 8 nitrogen and oxygen atoms in total. The zero-order valence-electron chi connectivity index (χ0n) is 18.6. The molecule has 4 aromatic rings. The Kier molecular flexibility index (Phi) is 6.69. The van der Waals surface area contributed by atoms with Gasteiger partial charge in [-0.3, -0.25) is 9.59 Å². The summed E-state index contributed by atoms with van der Waals surface area (Å²) in [5, 5.41) is 7.88. The zero-order valence-corrected chi connectivity index (χ0v) is 19.4. The van der Waals surface area contributed by atoms with Crippen LogP contribution in [0, 0.1) is 6.92 Å². The van der Waals surface area contributed by atoms with E-state index in [1.807, 2.05) is 37.3 Å². The van der Waals surface area contributed by atoms with Crippen LogP contribution in [-0.4, -0.2) is 34.9 Å². The largest absolute Gasteiger partial charge is 0.493 e. The molecule has 0 bridgehead atoms. The van der Waals surface area contributed by atoms with E-state index in [0.717, 1.165) is 21.3 Å². The minimum Gasteiger partial charge on any atom is -0.493 e. The van der Waals surface area contributed by atoms with Gasteiger partial charge in [0.05, 0.1) is 30.1 Å². The molecule has 2 heterocycles. The first kappa shape index (κ1) is 22.5. The van der Waals surface area contributed by atoms with E-state index < -0.39 is 0 Å². The number of thiazole rings is 1. The van der Waals surface area contributed by atoms with Gasteiger partial charge in [-0.1, -0.05) is 17.4 Å². The van der Waals surface area contributed by atoms with E-state index in [1.165, 1.54) is 22.1 Å². The molecule has 0 spiro atoms. The van der Waals surface area contributed by atoms with Crippen molar-refractivity contribution in [3.05, 3.63) is 64.4 Å². The summed E-state index contributed by atoms with van der Waals surface area (Å²) in [6.07, 6.45) is 0.724. The van der Waals surface area contributed by atoms with Crippen molar-refractivity contribution in [2.75, 3.05) is 19.5 Å². The second kappa shape index (κ2) is 9.83. The lowest BCUT2D eigenvalue weighted by Gasteiger charge is -2.10. The van der Waals surface area contributed by atoms with Crippen LogP contribution in [0.25, 0.3) is 21.5 Å². The van der Waals surface area contributed by atoms with E-state index in [4.69, 9.17) is 9.47 Å². The molecule has 0 fully saturated rings. The molecule has 1 amide bonds. The summed E-state index contributed by atoms with van der Waals surface area (Å²) in [4.78, 5) is 29.1. The molecule has 0 atom stereocenters. The van der Waals surface area contributed by atoms with Gasteiger partial charge in [0.25, 0.3) is 5.56 Å². The molecule has 2 aromatic carbocycles. The van der Waals surface area contributed by atoms with Crippen LogP contribution in [0.3, 0.4) is 0 Å². The van der Waals surface area contributed by atoms with Crippen molar-refractivity contribution >= 4 is 32.6 Å². The molecule has 9 heteroatoms. The molecule has 2 aromatic heterocycles. The third kappa shape index (κ3) is 5.20. The zero-order chi connectivity index (χ0) is 23.4. The van der Waals surface area contributed by atoms with Crippen LogP contribution in [0.15, 0.2) is 53.3 Å². The normalized spacial score (nSPS) is 10.9. The number of methoxy groups -OCH3 is 2. The predicted octanol–water partition coefficient (Wildman–Crippen LogP) is 4.26. The average molecular weight is 465 g/mol. The predicted molar refractivity (Wildman–Crippen MR) is 129 cm³/mol. The SMILES string of the molecule is COc1ccc(-c2ccc(=O)n(CCCC(=O)Nc3nc4ccc(C)cc4s3)n2)cc1OC. The minimum absolute atomic E-state index is 0.144. The van der Waals surface area contributed by atoms with Crippen LogP contribution < -0.4 is 20.3 Å². The molecular weight excluding hydrogens is 440 g/mol. The number of carbonyl (C=O) groups excluding carboxylic acids is 1. The lowest BCUT2D eigenvalue weighted by molar-refractivity contribution is -0.116. The van der Waals surface area contributed by atoms with Crippen molar-refractivity contribution in [2.24, 2.45) is 0 Å². The van der Waals surface area contributed by atoms with Crippen molar-refractivity contribution in [1.82, 2.24) is 14.8 Å². The van der Waals surface area contributed by atoms with Crippen LogP contribution in [0.5, 0.6) is 11.5 Å². The quantitative estimate of drug-likeness (QED) is 0.419. The van der Waals surface area contributed by atoms with Crippen LogP contribution in [-0.2, 0) is 11.3 Å². The highest BCUT2D eigenvalue weighted by Crippen LogP contribution is 2.31. The van der Waals surface area contributed by atoms with Gasteiger partial charge < -0.3 is 14.8 Å². The van der Waals surface area contributed by atoms with E-state index in [2.05, 4.69) is 15.4 Å². The van der Waals surface area contributed by atoms with Gasteiger partial charge in [-0.25, -0.2) is 9.67 Å². The van der Waals surface area contributed by atoms with E-state index in [-0.39, 0.29) is 17.9 Å². The molecule has 4 rings (SSSR count). The monoisotopic (exact) mass is 464 g/mol. The van der Waals surface area contributed by atoms with Crippen molar-refractivity contribution in [3.63, 3.8) is 0 Å². The maximum absolute atomic E-state index is 12.4. The Bertz CT molecular complexity index is 1360. The van der Waals surface area contributed by atoms with E-state index in [0.29, 0.717) is 35.3 Å². The molecule has 0 aliphatic carbocycles. The topological polar surface area (TPSA) is 95.3 Å². The van der Waals surface area contributed by atoms with Gasteiger partial charge in [0.15, 0.2) is 16.6 Å². The maximum atomic E-state index is 12.4. The van der Waals surface area contributed by atoms with E-state index in [1.54, 1.807) is 26.4 Å². The number of benzene rings is 2. The van der Waals surface area contributed by atoms with Gasteiger partial charge in [0, 0.05) is 24.6 Å². The third-order valence-corrected chi connectivity index (χ3v) is 6.04. The van der Waals surface area contributed by atoms with Crippen LogP contribution in [0.1, 0.15) is 18.4 Å². The molecule has 0 unspecified atom stereocenters. The Morgan fingerprint density at radius 2 is 1.88 bits per heavy atom. The highest BCUT2D eigenvalue weighted by Gasteiger charge is 2.11. The lowest BCUT2D eigenvalue weighted by atomic mass is 10.1. The molecule has 0 saturated heterocycles. The fourth-order valence-electron chi connectivity index (χ4n) is 3.42. The van der Waals surface area contributed by atoms with Crippen LogP contribution in [0.2, 0.25) is 0 Å². The third-order valence-electron chi connectivity index (χ3n) is 5.11. The molecule has 1 N–H and O–H groups in total. The van der Waals surface area contributed by atoms with Gasteiger partial charge >= 0.3 is 0 Å². The summed E-state index contributed by atoms with van der Waals surface area (Å²) in [6, 6.07) is 14.6. The molecule has 33 heavy (non-hydrogen) atoms. The van der Waals surface area contributed by atoms with Gasteiger partial charge in [0.2, 0.25) is 5.91 Å². The first-order chi connectivity index (χ1) is 16.0. The summed E-state index contributed by atoms with van der Waals surface area (Å²) in [6.45, 7) is 2.35. The molecule has 0 radical (unpaired) electrons. The molecule has 0 aliphatic heterocycles.